The molecular weight excluding hydrogens is 474 g/mol. The van der Waals surface area contributed by atoms with Crippen LogP contribution in [0.3, 0.4) is 0 Å². The van der Waals surface area contributed by atoms with Gasteiger partial charge < -0.3 is 0 Å². The first-order valence-corrected chi connectivity index (χ1v) is 7.74. The third kappa shape index (κ3) is 2.05. The van der Waals surface area contributed by atoms with Crippen molar-refractivity contribution in [3.63, 3.8) is 0 Å². The normalized spacial score (nSPS) is 11.0. The Labute approximate surface area is 117 Å². The van der Waals surface area contributed by atoms with E-state index in [1.807, 2.05) is 11.3 Å². The first-order valence-electron chi connectivity index (χ1n) is 3.65. The fraction of sp³-hybridized carbons (Fsp3) is 0.111. The van der Waals surface area contributed by atoms with Crippen LogP contribution >= 0.6 is 72.4 Å². The highest BCUT2D eigenvalue weighted by atomic mass is 127. The van der Waals surface area contributed by atoms with Gasteiger partial charge in [-0.05, 0) is 63.4 Å². The number of hydrogen-bond acceptors (Lipinski definition) is 1. The zero-order valence-electron chi connectivity index (χ0n) is 6.48. The second-order valence-electron chi connectivity index (χ2n) is 2.61. The number of halogens is 3. The van der Waals surface area contributed by atoms with Gasteiger partial charge in [0.2, 0.25) is 0 Å². The zero-order chi connectivity index (χ0) is 9.42. The molecule has 13 heavy (non-hydrogen) atoms. The Morgan fingerprint density at radius 1 is 1.31 bits per heavy atom. The van der Waals surface area contributed by atoms with E-state index >= 15 is 0 Å². The smallest absolute Gasteiger partial charge is 0.0388 e. The van der Waals surface area contributed by atoms with Gasteiger partial charge in [-0.2, -0.15) is 0 Å². The predicted octanol–water partition coefficient (Wildman–Crippen LogP) is 5.01. The molecule has 0 amide bonds. The van der Waals surface area contributed by atoms with E-state index in [4.69, 9.17) is 0 Å². The number of alkyl halides is 1. The summed E-state index contributed by atoms with van der Waals surface area (Å²) in [7, 11) is 0. The molecule has 2 aromatic rings. The van der Waals surface area contributed by atoms with Crippen molar-refractivity contribution in [1.29, 1.82) is 0 Å². The average Bonchev–Trinajstić information content (AvgIpc) is 2.44. The van der Waals surface area contributed by atoms with Crippen molar-refractivity contribution < 1.29 is 0 Å². The topological polar surface area (TPSA) is 0 Å². The highest BCUT2D eigenvalue weighted by Crippen LogP contribution is 2.34. The number of thiophene rings is 1. The standard InChI is InChI=1S/C9H5BrI2S/c10-4-8-9(12)6-3-5(11)1-2-7(6)13-8/h1-3H,4H2. The molecule has 0 fully saturated rings. The molecule has 0 aliphatic rings. The molecule has 0 saturated heterocycles. The van der Waals surface area contributed by atoms with Crippen molar-refractivity contribution in [2.45, 2.75) is 5.33 Å². The summed E-state index contributed by atoms with van der Waals surface area (Å²) in [6, 6.07) is 6.61. The fourth-order valence-corrected chi connectivity index (χ4v) is 4.89. The zero-order valence-corrected chi connectivity index (χ0v) is 13.2. The number of benzene rings is 1. The monoisotopic (exact) mass is 478 g/mol. The van der Waals surface area contributed by atoms with Gasteiger partial charge in [-0.15, -0.1) is 11.3 Å². The lowest BCUT2D eigenvalue weighted by atomic mass is 10.2. The van der Waals surface area contributed by atoms with Gasteiger partial charge in [-0.1, -0.05) is 15.9 Å². The summed E-state index contributed by atoms with van der Waals surface area (Å²) in [6.07, 6.45) is 0. The van der Waals surface area contributed by atoms with E-state index in [0.717, 1.165) is 5.33 Å². The van der Waals surface area contributed by atoms with Crippen molar-refractivity contribution >= 4 is 82.5 Å². The van der Waals surface area contributed by atoms with Gasteiger partial charge in [-0.3, -0.25) is 0 Å². The highest BCUT2D eigenvalue weighted by Gasteiger charge is 2.08. The molecule has 0 unspecified atom stereocenters. The maximum Gasteiger partial charge on any atom is 0.0388 e. The van der Waals surface area contributed by atoms with Gasteiger partial charge >= 0.3 is 0 Å². The molecule has 68 valence electrons. The first-order chi connectivity index (χ1) is 6.22. The second-order valence-corrected chi connectivity index (χ2v) is 6.64. The van der Waals surface area contributed by atoms with Crippen LogP contribution in [0.25, 0.3) is 10.1 Å². The van der Waals surface area contributed by atoms with Gasteiger partial charge in [0, 0.05) is 27.4 Å². The van der Waals surface area contributed by atoms with Crippen molar-refractivity contribution in [3.05, 3.63) is 30.2 Å². The summed E-state index contributed by atoms with van der Waals surface area (Å²) in [5, 5.41) is 2.35. The van der Waals surface area contributed by atoms with Crippen LogP contribution in [0.1, 0.15) is 4.88 Å². The Morgan fingerprint density at radius 2 is 2.08 bits per heavy atom. The molecule has 0 saturated carbocycles. The maximum atomic E-state index is 3.51. The van der Waals surface area contributed by atoms with Gasteiger partial charge in [0.1, 0.15) is 0 Å². The quantitative estimate of drug-likeness (QED) is 0.399. The molecule has 0 radical (unpaired) electrons. The number of rotatable bonds is 1. The molecular formula is C9H5BrI2S. The predicted molar refractivity (Wildman–Crippen MR) is 79.9 cm³/mol. The van der Waals surface area contributed by atoms with E-state index in [1.54, 1.807) is 0 Å². The third-order valence-corrected chi connectivity index (χ3v) is 6.15. The molecule has 4 heteroatoms. The van der Waals surface area contributed by atoms with Crippen molar-refractivity contribution in [2.75, 3.05) is 0 Å². The lowest BCUT2D eigenvalue weighted by Crippen LogP contribution is -1.74. The van der Waals surface area contributed by atoms with E-state index < -0.39 is 0 Å². The molecule has 0 bridgehead atoms. The summed E-state index contributed by atoms with van der Waals surface area (Å²) in [5.41, 5.74) is 0. The second kappa shape index (κ2) is 4.32. The van der Waals surface area contributed by atoms with Crippen LogP contribution in [-0.4, -0.2) is 0 Å². The summed E-state index contributed by atoms with van der Waals surface area (Å²) in [5.74, 6) is 0. The maximum absolute atomic E-state index is 3.51. The van der Waals surface area contributed by atoms with Crippen LogP contribution in [0, 0.1) is 7.14 Å². The third-order valence-electron chi connectivity index (χ3n) is 1.78. The molecule has 1 aromatic heterocycles. The molecule has 0 aliphatic heterocycles. The molecule has 1 heterocycles. The molecule has 0 atom stereocenters. The molecule has 2 rings (SSSR count). The molecule has 1 aromatic carbocycles. The first kappa shape index (κ1) is 10.6. The van der Waals surface area contributed by atoms with Crippen molar-refractivity contribution in [1.82, 2.24) is 0 Å². The van der Waals surface area contributed by atoms with Crippen LogP contribution in [0.4, 0.5) is 0 Å². The Kier molecular flexibility index (Phi) is 3.53. The summed E-state index contributed by atoms with van der Waals surface area (Å²) in [6.45, 7) is 0. The Morgan fingerprint density at radius 3 is 2.77 bits per heavy atom. The Bertz CT molecular complexity index is 450. The number of hydrogen-bond donors (Lipinski definition) is 0. The molecule has 0 aliphatic carbocycles. The van der Waals surface area contributed by atoms with Crippen molar-refractivity contribution in [3.8, 4) is 0 Å². The van der Waals surface area contributed by atoms with Crippen LogP contribution in [0.5, 0.6) is 0 Å². The molecule has 0 N–H and O–H groups in total. The minimum absolute atomic E-state index is 0.960. The van der Waals surface area contributed by atoms with Crippen molar-refractivity contribution in [2.24, 2.45) is 0 Å². The lowest BCUT2D eigenvalue weighted by molar-refractivity contribution is 1.55. The van der Waals surface area contributed by atoms with E-state index in [9.17, 15) is 0 Å². The Hall–Kier alpha value is 1.12. The van der Waals surface area contributed by atoms with E-state index in [2.05, 4.69) is 79.3 Å². The van der Waals surface area contributed by atoms with E-state index in [-0.39, 0.29) is 0 Å². The Balaban J connectivity index is 2.77. The minimum Gasteiger partial charge on any atom is -0.138 e. The van der Waals surface area contributed by atoms with Gasteiger partial charge in [0.15, 0.2) is 0 Å². The highest BCUT2D eigenvalue weighted by molar-refractivity contribution is 14.1. The van der Waals surface area contributed by atoms with Crippen LogP contribution < -0.4 is 0 Å². The van der Waals surface area contributed by atoms with Crippen LogP contribution in [0.15, 0.2) is 18.2 Å². The fourth-order valence-electron chi connectivity index (χ4n) is 1.18. The SMILES string of the molecule is BrCc1sc2ccc(I)cc2c1I. The average molecular weight is 479 g/mol. The lowest BCUT2D eigenvalue weighted by Gasteiger charge is -1.91. The van der Waals surface area contributed by atoms with Crippen LogP contribution in [0.2, 0.25) is 0 Å². The van der Waals surface area contributed by atoms with E-state index in [0.29, 0.717) is 0 Å². The van der Waals surface area contributed by atoms with E-state index in [1.165, 1.54) is 22.1 Å². The van der Waals surface area contributed by atoms with Gasteiger partial charge in [-0.25, -0.2) is 0 Å². The molecule has 0 nitrogen and oxygen atoms in total. The largest absolute Gasteiger partial charge is 0.138 e. The van der Waals surface area contributed by atoms with Gasteiger partial charge in [0.25, 0.3) is 0 Å². The summed E-state index contributed by atoms with van der Waals surface area (Å²) in [4.78, 5) is 1.43. The number of fused-ring (bicyclic) bond motifs is 1. The summed E-state index contributed by atoms with van der Waals surface area (Å²) < 4.78 is 4.09. The van der Waals surface area contributed by atoms with Crippen LogP contribution in [-0.2, 0) is 5.33 Å². The molecule has 0 spiro atoms. The minimum atomic E-state index is 0.960. The summed E-state index contributed by atoms with van der Waals surface area (Å²) >= 11 is 10.2. The van der Waals surface area contributed by atoms with Gasteiger partial charge in [0.05, 0.1) is 0 Å².